The van der Waals surface area contributed by atoms with Crippen molar-refractivity contribution in [2.45, 2.75) is 6.04 Å². The Labute approximate surface area is 129 Å². The van der Waals surface area contributed by atoms with E-state index >= 15 is 0 Å². The summed E-state index contributed by atoms with van der Waals surface area (Å²) < 4.78 is 1.37. The van der Waals surface area contributed by atoms with Crippen LogP contribution in [0.3, 0.4) is 0 Å². The summed E-state index contributed by atoms with van der Waals surface area (Å²) in [6, 6.07) is 20.3. The van der Waals surface area contributed by atoms with Gasteiger partial charge in [-0.2, -0.15) is 0 Å². The first-order chi connectivity index (χ1) is 10.4. The molecule has 0 saturated carbocycles. The molecule has 2 nitrogen and oxygen atoms in total. The molecule has 3 heteroatoms. The number of piperazine rings is 1. The number of hydrogen-bond donors (Lipinski definition) is 1. The minimum Gasteiger partial charge on any atom is -0.362 e. The van der Waals surface area contributed by atoms with Crippen molar-refractivity contribution in [1.82, 2.24) is 5.32 Å². The second-order valence-corrected chi connectivity index (χ2v) is 6.41. The van der Waals surface area contributed by atoms with E-state index in [1.807, 2.05) is 11.3 Å². The summed E-state index contributed by atoms with van der Waals surface area (Å²) >= 11 is 1.81. The Bertz CT molecular complexity index is 735. The first-order valence-corrected chi connectivity index (χ1v) is 8.29. The van der Waals surface area contributed by atoms with Crippen LogP contribution >= 0.6 is 11.3 Å². The molecule has 0 aliphatic carbocycles. The van der Waals surface area contributed by atoms with Gasteiger partial charge in [0.15, 0.2) is 0 Å². The van der Waals surface area contributed by atoms with Crippen LogP contribution in [0.15, 0.2) is 60.0 Å². The first-order valence-electron chi connectivity index (χ1n) is 7.41. The third-order valence-electron chi connectivity index (χ3n) is 4.20. The highest BCUT2D eigenvalue weighted by atomic mass is 32.1. The molecule has 0 spiro atoms. The van der Waals surface area contributed by atoms with E-state index in [2.05, 4.69) is 70.2 Å². The number of nitrogens with zero attached hydrogens (tertiary/aromatic N) is 1. The Morgan fingerprint density at radius 3 is 2.86 bits per heavy atom. The molecule has 1 aliphatic heterocycles. The highest BCUT2D eigenvalue weighted by Crippen LogP contribution is 2.32. The zero-order valence-corrected chi connectivity index (χ0v) is 12.6. The van der Waals surface area contributed by atoms with Crippen LogP contribution in [0, 0.1) is 0 Å². The van der Waals surface area contributed by atoms with Gasteiger partial charge >= 0.3 is 0 Å². The van der Waals surface area contributed by atoms with E-state index in [0.717, 1.165) is 19.6 Å². The number of anilines is 1. The molecule has 1 aromatic heterocycles. The maximum atomic E-state index is 3.53. The Hall–Kier alpha value is -1.84. The van der Waals surface area contributed by atoms with Crippen LogP contribution in [-0.2, 0) is 0 Å². The van der Waals surface area contributed by atoms with Crippen molar-refractivity contribution in [3.63, 3.8) is 0 Å². The molecule has 1 aliphatic rings. The standard InChI is InChI=1S/C18H18N2S/c1-2-4-14(5-3-1)17-13-19-9-10-20(17)16-6-7-18-15(12-16)8-11-21-18/h1-8,11-12,17,19H,9-10,13H2. The van der Waals surface area contributed by atoms with Gasteiger partial charge in [0.25, 0.3) is 0 Å². The number of hydrogen-bond acceptors (Lipinski definition) is 3. The molecule has 106 valence electrons. The summed E-state index contributed by atoms with van der Waals surface area (Å²) in [7, 11) is 0. The summed E-state index contributed by atoms with van der Waals surface area (Å²) in [6.45, 7) is 3.10. The van der Waals surface area contributed by atoms with Gasteiger partial charge in [-0.25, -0.2) is 0 Å². The van der Waals surface area contributed by atoms with E-state index in [4.69, 9.17) is 0 Å². The van der Waals surface area contributed by atoms with Gasteiger partial charge in [-0.15, -0.1) is 11.3 Å². The van der Waals surface area contributed by atoms with Crippen molar-refractivity contribution in [2.75, 3.05) is 24.5 Å². The van der Waals surface area contributed by atoms with E-state index in [-0.39, 0.29) is 0 Å². The highest BCUT2D eigenvalue weighted by Gasteiger charge is 2.23. The third-order valence-corrected chi connectivity index (χ3v) is 5.09. The molecule has 2 aromatic carbocycles. The van der Waals surface area contributed by atoms with Crippen LogP contribution in [0.1, 0.15) is 11.6 Å². The lowest BCUT2D eigenvalue weighted by Crippen LogP contribution is -2.46. The zero-order chi connectivity index (χ0) is 14.1. The first kappa shape index (κ1) is 12.9. The lowest BCUT2D eigenvalue weighted by Gasteiger charge is -2.38. The maximum Gasteiger partial charge on any atom is 0.0667 e. The Morgan fingerprint density at radius 2 is 1.95 bits per heavy atom. The van der Waals surface area contributed by atoms with Crippen LogP contribution in [0.2, 0.25) is 0 Å². The Kier molecular flexibility index (Phi) is 3.37. The van der Waals surface area contributed by atoms with Gasteiger partial charge < -0.3 is 10.2 Å². The van der Waals surface area contributed by atoms with E-state index < -0.39 is 0 Å². The number of rotatable bonds is 2. The van der Waals surface area contributed by atoms with Crippen molar-refractivity contribution >= 4 is 27.1 Å². The fourth-order valence-electron chi connectivity index (χ4n) is 3.12. The fraction of sp³-hybridized carbons (Fsp3) is 0.222. The van der Waals surface area contributed by atoms with E-state index in [9.17, 15) is 0 Å². The Morgan fingerprint density at radius 1 is 1.05 bits per heavy atom. The van der Waals surface area contributed by atoms with Gasteiger partial charge in [-0.3, -0.25) is 0 Å². The SMILES string of the molecule is c1ccc(C2CNCCN2c2ccc3sccc3c2)cc1. The monoisotopic (exact) mass is 294 g/mol. The van der Waals surface area contributed by atoms with Crippen molar-refractivity contribution in [2.24, 2.45) is 0 Å². The van der Waals surface area contributed by atoms with Crippen molar-refractivity contribution in [1.29, 1.82) is 0 Å². The van der Waals surface area contributed by atoms with Crippen molar-refractivity contribution in [3.8, 4) is 0 Å². The molecular formula is C18H18N2S. The van der Waals surface area contributed by atoms with Crippen molar-refractivity contribution in [3.05, 3.63) is 65.5 Å². The number of fused-ring (bicyclic) bond motifs is 1. The van der Waals surface area contributed by atoms with E-state index in [1.165, 1.54) is 21.3 Å². The molecule has 0 amide bonds. The molecule has 21 heavy (non-hydrogen) atoms. The van der Waals surface area contributed by atoms with E-state index in [0.29, 0.717) is 6.04 Å². The molecule has 1 unspecified atom stereocenters. The molecule has 1 saturated heterocycles. The molecule has 1 N–H and O–H groups in total. The smallest absolute Gasteiger partial charge is 0.0667 e. The van der Waals surface area contributed by atoms with Gasteiger partial charge in [-0.05, 0) is 40.6 Å². The van der Waals surface area contributed by atoms with Crippen LogP contribution in [0.5, 0.6) is 0 Å². The topological polar surface area (TPSA) is 15.3 Å². The van der Waals surface area contributed by atoms with E-state index in [1.54, 1.807) is 0 Å². The predicted molar refractivity (Wildman–Crippen MR) is 91.2 cm³/mol. The molecule has 4 rings (SSSR count). The minimum atomic E-state index is 0.413. The second-order valence-electron chi connectivity index (χ2n) is 5.47. The lowest BCUT2D eigenvalue weighted by atomic mass is 10.0. The van der Waals surface area contributed by atoms with Gasteiger partial charge in [0.2, 0.25) is 0 Å². The summed E-state index contributed by atoms with van der Waals surface area (Å²) in [5.74, 6) is 0. The molecular weight excluding hydrogens is 276 g/mol. The van der Waals surface area contributed by atoms with Crippen molar-refractivity contribution < 1.29 is 0 Å². The molecule has 2 heterocycles. The lowest BCUT2D eigenvalue weighted by molar-refractivity contribution is 0.490. The largest absolute Gasteiger partial charge is 0.362 e. The molecule has 0 bridgehead atoms. The van der Waals surface area contributed by atoms with Gasteiger partial charge in [0.05, 0.1) is 6.04 Å². The number of thiophene rings is 1. The second kappa shape index (κ2) is 5.51. The summed E-state index contributed by atoms with van der Waals surface area (Å²) in [6.07, 6.45) is 0. The predicted octanol–water partition coefficient (Wildman–Crippen LogP) is 4.05. The summed E-state index contributed by atoms with van der Waals surface area (Å²) in [5.41, 5.74) is 2.71. The molecule has 0 radical (unpaired) electrons. The number of benzene rings is 2. The van der Waals surface area contributed by atoms with Gasteiger partial charge in [-0.1, -0.05) is 30.3 Å². The average molecular weight is 294 g/mol. The molecule has 3 aromatic rings. The van der Waals surface area contributed by atoms with Crippen LogP contribution in [-0.4, -0.2) is 19.6 Å². The molecule has 1 fully saturated rings. The molecule has 1 atom stereocenters. The summed E-state index contributed by atoms with van der Waals surface area (Å²) in [5, 5.41) is 7.04. The van der Waals surface area contributed by atoms with Gasteiger partial charge in [0, 0.05) is 30.0 Å². The van der Waals surface area contributed by atoms with Crippen LogP contribution < -0.4 is 10.2 Å². The van der Waals surface area contributed by atoms with Crippen LogP contribution in [0.25, 0.3) is 10.1 Å². The Balaban J connectivity index is 1.73. The fourth-order valence-corrected chi connectivity index (χ4v) is 3.89. The third kappa shape index (κ3) is 2.43. The van der Waals surface area contributed by atoms with Crippen LogP contribution in [0.4, 0.5) is 5.69 Å². The van der Waals surface area contributed by atoms with Gasteiger partial charge in [0.1, 0.15) is 0 Å². The number of nitrogens with one attached hydrogen (secondary N) is 1. The highest BCUT2D eigenvalue weighted by molar-refractivity contribution is 7.17. The average Bonchev–Trinajstić information content (AvgIpc) is 3.03. The maximum absolute atomic E-state index is 3.53. The normalized spacial score (nSPS) is 19.0. The summed E-state index contributed by atoms with van der Waals surface area (Å²) in [4.78, 5) is 2.53. The zero-order valence-electron chi connectivity index (χ0n) is 11.8. The minimum absolute atomic E-state index is 0.413. The quantitative estimate of drug-likeness (QED) is 0.767.